The average molecular weight is 349 g/mol. The summed E-state index contributed by atoms with van der Waals surface area (Å²) in [7, 11) is 0. The summed E-state index contributed by atoms with van der Waals surface area (Å²) in [5, 5.41) is 14.3. The van der Waals surface area contributed by atoms with Crippen molar-refractivity contribution in [2.45, 2.75) is 44.9 Å². The lowest BCUT2D eigenvalue weighted by atomic mass is 10.2. The van der Waals surface area contributed by atoms with Crippen molar-refractivity contribution in [1.82, 2.24) is 15.0 Å². The molecule has 1 saturated heterocycles. The molecule has 2 aromatic rings. The minimum absolute atomic E-state index is 0.0743. The van der Waals surface area contributed by atoms with Gasteiger partial charge in [0.15, 0.2) is 5.82 Å². The van der Waals surface area contributed by atoms with Crippen LogP contribution in [0.25, 0.3) is 0 Å². The highest BCUT2D eigenvalue weighted by Crippen LogP contribution is 2.30. The Labute approximate surface area is 146 Å². The second kappa shape index (κ2) is 8.51. The number of halogens is 1. The smallest absolute Gasteiger partial charge is 0.226 e. The summed E-state index contributed by atoms with van der Waals surface area (Å²) < 4.78 is 24.2. The Bertz CT molecular complexity index is 679. The van der Waals surface area contributed by atoms with Crippen LogP contribution in [0.4, 0.5) is 4.39 Å². The van der Waals surface area contributed by atoms with E-state index in [2.05, 4.69) is 15.0 Å². The van der Waals surface area contributed by atoms with E-state index in [-0.39, 0.29) is 25.1 Å². The van der Waals surface area contributed by atoms with Crippen LogP contribution in [0.5, 0.6) is 0 Å². The normalized spacial score (nSPS) is 19.4. The van der Waals surface area contributed by atoms with E-state index in [0.29, 0.717) is 30.2 Å². The fourth-order valence-corrected chi connectivity index (χ4v) is 3.13. The van der Waals surface area contributed by atoms with Gasteiger partial charge in [-0.1, -0.05) is 30.3 Å². The highest BCUT2D eigenvalue weighted by Gasteiger charge is 2.31. The molecule has 0 aliphatic carbocycles. The molecule has 6 nitrogen and oxygen atoms in total. The van der Waals surface area contributed by atoms with Crippen LogP contribution in [0, 0.1) is 5.82 Å². The van der Waals surface area contributed by atoms with Crippen LogP contribution in [0.3, 0.4) is 0 Å². The molecule has 0 saturated carbocycles. The lowest BCUT2D eigenvalue weighted by Crippen LogP contribution is -2.35. The fourth-order valence-electron chi connectivity index (χ4n) is 3.13. The van der Waals surface area contributed by atoms with Crippen molar-refractivity contribution in [3.05, 3.63) is 47.4 Å². The number of aliphatic hydroxyl groups excluding tert-OH is 1. The Kier molecular flexibility index (Phi) is 6.12. The predicted molar refractivity (Wildman–Crippen MR) is 89.3 cm³/mol. The molecule has 1 aliphatic rings. The van der Waals surface area contributed by atoms with Gasteiger partial charge in [0.05, 0.1) is 25.4 Å². The molecule has 0 bridgehead atoms. The number of aliphatic hydroxyl groups is 1. The minimum Gasteiger partial charge on any atom is -0.389 e. The number of β-amino-alcohol motifs (C(OH)–C–C–N with tert-alkyl or cyclic N) is 1. The van der Waals surface area contributed by atoms with Crippen molar-refractivity contribution in [3.8, 4) is 0 Å². The first-order valence-corrected chi connectivity index (χ1v) is 8.73. The molecule has 3 rings (SSSR count). The number of likely N-dealkylation sites (tertiary alicyclic amines) is 1. The first-order chi connectivity index (χ1) is 12.2. The van der Waals surface area contributed by atoms with Gasteiger partial charge in [0.2, 0.25) is 5.89 Å². The van der Waals surface area contributed by atoms with Crippen molar-refractivity contribution < 1.29 is 18.8 Å². The van der Waals surface area contributed by atoms with E-state index in [1.54, 1.807) is 18.2 Å². The van der Waals surface area contributed by atoms with E-state index in [1.165, 1.54) is 6.07 Å². The zero-order valence-electron chi connectivity index (χ0n) is 14.4. The molecule has 0 unspecified atom stereocenters. The number of ether oxygens (including phenoxy) is 1. The molecule has 2 heterocycles. The molecule has 1 N–H and O–H groups in total. The van der Waals surface area contributed by atoms with Gasteiger partial charge in [0.1, 0.15) is 5.82 Å². The molecule has 1 aromatic heterocycles. The number of aryl methyl sites for hydroxylation is 1. The first kappa shape index (κ1) is 18.0. The quantitative estimate of drug-likeness (QED) is 0.789. The molecule has 1 fully saturated rings. The SMILES string of the molecule is CCc1nc([C@H]2CCCN2C[C@@H](O)COCc2ccccc2F)no1. The monoisotopic (exact) mass is 349 g/mol. The number of hydrogen-bond donors (Lipinski definition) is 1. The average Bonchev–Trinajstić information content (AvgIpc) is 3.25. The van der Waals surface area contributed by atoms with Gasteiger partial charge in [-0.05, 0) is 25.5 Å². The summed E-state index contributed by atoms with van der Waals surface area (Å²) in [4.78, 5) is 6.56. The van der Waals surface area contributed by atoms with Crippen LogP contribution >= 0.6 is 0 Å². The van der Waals surface area contributed by atoms with Crippen molar-refractivity contribution >= 4 is 0 Å². The summed E-state index contributed by atoms with van der Waals surface area (Å²) in [5.41, 5.74) is 0.493. The van der Waals surface area contributed by atoms with Gasteiger partial charge in [0, 0.05) is 18.5 Å². The van der Waals surface area contributed by atoms with E-state index in [9.17, 15) is 9.50 Å². The van der Waals surface area contributed by atoms with Crippen molar-refractivity contribution in [3.63, 3.8) is 0 Å². The van der Waals surface area contributed by atoms with Gasteiger partial charge >= 0.3 is 0 Å². The Hall–Kier alpha value is -1.83. The summed E-state index contributed by atoms with van der Waals surface area (Å²) in [5.74, 6) is 1.03. The zero-order chi connectivity index (χ0) is 17.6. The summed E-state index contributed by atoms with van der Waals surface area (Å²) in [6, 6.07) is 6.57. The van der Waals surface area contributed by atoms with Crippen molar-refractivity contribution in [1.29, 1.82) is 0 Å². The molecule has 7 heteroatoms. The van der Waals surface area contributed by atoms with Crippen molar-refractivity contribution in [2.75, 3.05) is 19.7 Å². The fraction of sp³-hybridized carbons (Fsp3) is 0.556. The maximum Gasteiger partial charge on any atom is 0.226 e. The molecule has 0 amide bonds. The van der Waals surface area contributed by atoms with Crippen LogP contribution in [-0.4, -0.2) is 45.9 Å². The minimum atomic E-state index is -0.648. The summed E-state index contributed by atoms with van der Waals surface area (Å²) in [6.07, 6.45) is 2.05. The number of benzene rings is 1. The third-order valence-corrected chi connectivity index (χ3v) is 4.42. The van der Waals surface area contributed by atoms with Crippen molar-refractivity contribution in [2.24, 2.45) is 0 Å². The van der Waals surface area contributed by atoms with Gasteiger partial charge in [0.25, 0.3) is 0 Å². The summed E-state index contributed by atoms with van der Waals surface area (Å²) in [6.45, 7) is 3.63. The molecule has 2 atom stereocenters. The van der Waals surface area contributed by atoms with Crippen LogP contribution in [-0.2, 0) is 17.8 Å². The lowest BCUT2D eigenvalue weighted by Gasteiger charge is -2.24. The Balaban J connectivity index is 1.48. The number of hydrogen-bond acceptors (Lipinski definition) is 6. The van der Waals surface area contributed by atoms with Crippen LogP contribution in [0.15, 0.2) is 28.8 Å². The van der Waals surface area contributed by atoms with E-state index >= 15 is 0 Å². The molecule has 1 aliphatic heterocycles. The topological polar surface area (TPSA) is 71.6 Å². The molecule has 136 valence electrons. The number of rotatable bonds is 8. The Morgan fingerprint density at radius 1 is 1.44 bits per heavy atom. The third-order valence-electron chi connectivity index (χ3n) is 4.42. The van der Waals surface area contributed by atoms with Crippen LogP contribution in [0.1, 0.15) is 43.1 Å². The number of aromatic nitrogens is 2. The van der Waals surface area contributed by atoms with Gasteiger partial charge in [-0.25, -0.2) is 4.39 Å². The standard InChI is InChI=1S/C18H24FN3O3/c1-2-17-20-18(21-25-17)16-8-5-9-22(16)10-14(23)12-24-11-13-6-3-4-7-15(13)19/h3-4,6-7,14,16,23H,2,5,8-12H2,1H3/t14-,16-/m1/s1. The third kappa shape index (κ3) is 4.62. The van der Waals surface area contributed by atoms with E-state index < -0.39 is 6.10 Å². The first-order valence-electron chi connectivity index (χ1n) is 8.73. The number of nitrogens with zero attached hydrogens (tertiary/aromatic N) is 3. The zero-order valence-corrected chi connectivity index (χ0v) is 14.4. The maximum atomic E-state index is 13.5. The largest absolute Gasteiger partial charge is 0.389 e. The molecular weight excluding hydrogens is 325 g/mol. The molecule has 0 radical (unpaired) electrons. The van der Waals surface area contributed by atoms with Crippen LogP contribution in [0.2, 0.25) is 0 Å². The van der Waals surface area contributed by atoms with Gasteiger partial charge in [-0.2, -0.15) is 4.98 Å². The molecule has 25 heavy (non-hydrogen) atoms. The van der Waals surface area contributed by atoms with E-state index in [1.807, 2.05) is 6.92 Å². The van der Waals surface area contributed by atoms with Gasteiger partial charge in [-0.3, -0.25) is 4.90 Å². The van der Waals surface area contributed by atoms with Gasteiger partial charge < -0.3 is 14.4 Å². The maximum absolute atomic E-state index is 13.5. The predicted octanol–water partition coefficient (Wildman–Crippen LogP) is 2.49. The van der Waals surface area contributed by atoms with Gasteiger partial charge in [-0.15, -0.1) is 0 Å². The lowest BCUT2D eigenvalue weighted by molar-refractivity contribution is 0.00637. The van der Waals surface area contributed by atoms with E-state index in [0.717, 1.165) is 19.4 Å². The second-order valence-electron chi connectivity index (χ2n) is 6.31. The second-order valence-corrected chi connectivity index (χ2v) is 6.31. The Morgan fingerprint density at radius 3 is 3.04 bits per heavy atom. The summed E-state index contributed by atoms with van der Waals surface area (Å²) >= 11 is 0. The highest BCUT2D eigenvalue weighted by atomic mass is 19.1. The van der Waals surface area contributed by atoms with E-state index in [4.69, 9.17) is 9.26 Å². The molecule has 1 aromatic carbocycles. The van der Waals surface area contributed by atoms with Crippen LogP contribution < -0.4 is 0 Å². The highest BCUT2D eigenvalue weighted by molar-refractivity contribution is 5.16. The Morgan fingerprint density at radius 2 is 2.28 bits per heavy atom. The molecule has 0 spiro atoms. The molecular formula is C18H24FN3O3.